The Morgan fingerprint density at radius 2 is 2.15 bits per heavy atom. The molecule has 1 aromatic rings. The molecule has 1 aliphatic rings. The summed E-state index contributed by atoms with van der Waals surface area (Å²) in [5.74, 6) is 0.418. The first-order valence-electron chi connectivity index (χ1n) is 8.38. The Hall–Kier alpha value is -2.05. The Morgan fingerprint density at radius 3 is 2.70 bits per heavy atom. The first-order chi connectivity index (χ1) is 12.7. The summed E-state index contributed by atoms with van der Waals surface area (Å²) in [4.78, 5) is 35.9. The number of halogens is 1. The molecule has 0 spiro atoms. The van der Waals surface area contributed by atoms with E-state index in [0.29, 0.717) is 36.9 Å². The zero-order valence-corrected chi connectivity index (χ0v) is 17.3. The summed E-state index contributed by atoms with van der Waals surface area (Å²) in [6, 6.07) is 1.73. The standard InChI is InChI=1S/C17H22ClN5O3S/c1-17(2,3)26-16(25)23-8-7-22(9-11(23)5-6-19)14-12(10-24)13(18)20-15(21-14)27-4/h10-11H,5,7-9H2,1-4H3. The minimum absolute atomic E-state index is 0.0887. The molecule has 1 saturated heterocycles. The van der Waals surface area contributed by atoms with Gasteiger partial charge in [0.05, 0.1) is 24.1 Å². The van der Waals surface area contributed by atoms with E-state index in [9.17, 15) is 14.9 Å². The zero-order valence-electron chi connectivity index (χ0n) is 15.7. The maximum Gasteiger partial charge on any atom is 0.410 e. The zero-order chi connectivity index (χ0) is 20.2. The second-order valence-electron chi connectivity index (χ2n) is 6.99. The highest BCUT2D eigenvalue weighted by molar-refractivity contribution is 7.98. The van der Waals surface area contributed by atoms with E-state index < -0.39 is 11.7 Å². The first kappa shape index (κ1) is 21.3. The number of amides is 1. The second-order valence-corrected chi connectivity index (χ2v) is 8.12. The number of carbonyl (C=O) groups is 2. The maximum atomic E-state index is 12.5. The first-order valence-corrected chi connectivity index (χ1v) is 9.98. The number of aldehydes is 1. The van der Waals surface area contributed by atoms with Crippen LogP contribution in [0.15, 0.2) is 5.16 Å². The summed E-state index contributed by atoms with van der Waals surface area (Å²) in [5.41, 5.74) is -0.417. The number of nitriles is 1. The van der Waals surface area contributed by atoms with Crippen LogP contribution >= 0.6 is 23.4 Å². The van der Waals surface area contributed by atoms with Gasteiger partial charge in [0, 0.05) is 19.6 Å². The number of hydrogen-bond donors (Lipinski definition) is 0. The van der Waals surface area contributed by atoms with Gasteiger partial charge in [-0.2, -0.15) is 5.26 Å². The summed E-state index contributed by atoms with van der Waals surface area (Å²) in [7, 11) is 0. The monoisotopic (exact) mass is 411 g/mol. The van der Waals surface area contributed by atoms with Gasteiger partial charge in [-0.15, -0.1) is 0 Å². The average Bonchev–Trinajstić information content (AvgIpc) is 2.59. The Bertz CT molecular complexity index is 762. The fraction of sp³-hybridized carbons (Fsp3) is 0.588. The van der Waals surface area contributed by atoms with Crippen molar-refractivity contribution in [3.8, 4) is 6.07 Å². The van der Waals surface area contributed by atoms with Gasteiger partial charge in [0.15, 0.2) is 11.4 Å². The predicted molar refractivity (Wildman–Crippen MR) is 103 cm³/mol. The van der Waals surface area contributed by atoms with Crippen LogP contribution in [0, 0.1) is 11.3 Å². The number of thioether (sulfide) groups is 1. The van der Waals surface area contributed by atoms with Gasteiger partial charge in [-0.25, -0.2) is 14.8 Å². The normalized spacial score (nSPS) is 17.4. The molecule has 0 radical (unpaired) electrons. The molecule has 0 aromatic carbocycles. The van der Waals surface area contributed by atoms with Crippen LogP contribution in [0.4, 0.5) is 10.6 Å². The lowest BCUT2D eigenvalue weighted by atomic mass is 10.1. The molecule has 2 rings (SSSR count). The van der Waals surface area contributed by atoms with Gasteiger partial charge < -0.3 is 14.5 Å². The van der Waals surface area contributed by atoms with Crippen molar-refractivity contribution in [2.75, 3.05) is 30.8 Å². The smallest absolute Gasteiger partial charge is 0.410 e. The fourth-order valence-corrected chi connectivity index (χ4v) is 3.35. The number of carbonyl (C=O) groups excluding carboxylic acids is 2. The molecular formula is C17H22ClN5O3S. The summed E-state index contributed by atoms with van der Waals surface area (Å²) < 4.78 is 5.45. The maximum absolute atomic E-state index is 12.5. The van der Waals surface area contributed by atoms with Crippen LogP contribution in [0.3, 0.4) is 0 Å². The number of ether oxygens (including phenoxy) is 1. The number of hydrogen-bond acceptors (Lipinski definition) is 8. The molecule has 0 aliphatic carbocycles. The van der Waals surface area contributed by atoms with Crippen LogP contribution in [-0.4, -0.2) is 64.8 Å². The largest absolute Gasteiger partial charge is 0.444 e. The molecule has 0 bridgehead atoms. The molecule has 1 amide bonds. The Kier molecular flexibility index (Phi) is 6.89. The van der Waals surface area contributed by atoms with Crippen molar-refractivity contribution in [3.63, 3.8) is 0 Å². The van der Waals surface area contributed by atoms with Gasteiger partial charge in [0.1, 0.15) is 16.6 Å². The molecule has 27 heavy (non-hydrogen) atoms. The number of aromatic nitrogens is 2. The van der Waals surface area contributed by atoms with E-state index in [2.05, 4.69) is 16.0 Å². The Balaban J connectivity index is 2.29. The minimum Gasteiger partial charge on any atom is -0.444 e. The molecule has 146 valence electrons. The van der Waals surface area contributed by atoms with E-state index in [-0.39, 0.29) is 23.2 Å². The highest BCUT2D eigenvalue weighted by Gasteiger charge is 2.34. The third-order valence-electron chi connectivity index (χ3n) is 3.90. The van der Waals surface area contributed by atoms with E-state index >= 15 is 0 Å². The third-order valence-corrected chi connectivity index (χ3v) is 4.73. The van der Waals surface area contributed by atoms with Crippen LogP contribution in [0.25, 0.3) is 0 Å². The molecule has 1 aliphatic heterocycles. The van der Waals surface area contributed by atoms with Crippen LogP contribution in [0.1, 0.15) is 37.6 Å². The topological polar surface area (TPSA) is 99.4 Å². The summed E-state index contributed by atoms with van der Waals surface area (Å²) in [6.45, 7) is 6.50. The average molecular weight is 412 g/mol. The number of anilines is 1. The van der Waals surface area contributed by atoms with Crippen molar-refractivity contribution >= 4 is 41.6 Å². The lowest BCUT2D eigenvalue weighted by Crippen LogP contribution is -2.56. The Morgan fingerprint density at radius 1 is 1.44 bits per heavy atom. The number of piperazine rings is 1. The second kappa shape index (κ2) is 8.76. The molecule has 8 nitrogen and oxygen atoms in total. The van der Waals surface area contributed by atoms with Crippen LogP contribution < -0.4 is 4.90 Å². The van der Waals surface area contributed by atoms with E-state index in [4.69, 9.17) is 16.3 Å². The molecule has 1 fully saturated rings. The van der Waals surface area contributed by atoms with Crippen molar-refractivity contribution in [1.82, 2.24) is 14.9 Å². The molecule has 1 aromatic heterocycles. The summed E-state index contributed by atoms with van der Waals surface area (Å²) >= 11 is 7.44. The SMILES string of the molecule is CSc1nc(Cl)c(C=O)c(N2CCN(C(=O)OC(C)(C)C)C(CC#N)C2)n1. The van der Waals surface area contributed by atoms with E-state index in [1.807, 2.05) is 11.2 Å². The molecule has 10 heteroatoms. The highest BCUT2D eigenvalue weighted by atomic mass is 35.5. The van der Waals surface area contributed by atoms with Crippen molar-refractivity contribution in [3.05, 3.63) is 10.7 Å². The molecule has 0 N–H and O–H groups in total. The van der Waals surface area contributed by atoms with E-state index in [1.165, 1.54) is 11.8 Å². The van der Waals surface area contributed by atoms with Gasteiger partial charge in [0.2, 0.25) is 0 Å². The summed E-state index contributed by atoms with van der Waals surface area (Å²) in [5, 5.41) is 9.72. The fourth-order valence-electron chi connectivity index (χ4n) is 2.73. The molecule has 2 heterocycles. The van der Waals surface area contributed by atoms with Gasteiger partial charge in [-0.05, 0) is 27.0 Å². The van der Waals surface area contributed by atoms with E-state index in [1.54, 1.807) is 25.7 Å². The highest BCUT2D eigenvalue weighted by Crippen LogP contribution is 2.28. The predicted octanol–water partition coefficient (Wildman–Crippen LogP) is 3.00. The van der Waals surface area contributed by atoms with Crippen molar-refractivity contribution in [2.24, 2.45) is 0 Å². The van der Waals surface area contributed by atoms with Gasteiger partial charge >= 0.3 is 6.09 Å². The molecular weight excluding hydrogens is 390 g/mol. The van der Waals surface area contributed by atoms with Crippen molar-refractivity contribution in [1.29, 1.82) is 5.26 Å². The van der Waals surface area contributed by atoms with Gasteiger partial charge in [-0.3, -0.25) is 4.79 Å². The van der Waals surface area contributed by atoms with Crippen molar-refractivity contribution in [2.45, 2.75) is 44.0 Å². The van der Waals surface area contributed by atoms with Gasteiger partial charge in [0.25, 0.3) is 0 Å². The van der Waals surface area contributed by atoms with Crippen LogP contribution in [0.5, 0.6) is 0 Å². The number of nitrogens with zero attached hydrogens (tertiary/aromatic N) is 5. The van der Waals surface area contributed by atoms with Gasteiger partial charge in [-0.1, -0.05) is 23.4 Å². The van der Waals surface area contributed by atoms with Crippen molar-refractivity contribution < 1.29 is 14.3 Å². The lowest BCUT2D eigenvalue weighted by Gasteiger charge is -2.41. The van der Waals surface area contributed by atoms with Crippen LogP contribution in [-0.2, 0) is 4.74 Å². The van der Waals surface area contributed by atoms with E-state index in [0.717, 1.165) is 0 Å². The quantitative estimate of drug-likeness (QED) is 0.322. The Labute approximate surface area is 167 Å². The third kappa shape index (κ3) is 5.23. The summed E-state index contributed by atoms with van der Waals surface area (Å²) in [6.07, 6.45) is 2.12. The molecule has 0 saturated carbocycles. The minimum atomic E-state index is -0.621. The molecule has 1 unspecified atom stereocenters. The number of rotatable bonds is 4. The molecule has 1 atom stereocenters. The lowest BCUT2D eigenvalue weighted by molar-refractivity contribution is 0.0144. The van der Waals surface area contributed by atoms with Crippen LogP contribution in [0.2, 0.25) is 5.15 Å².